The Balaban J connectivity index is 1.64. The molecule has 3 N–H and O–H groups in total. The number of hydrogen-bond acceptors (Lipinski definition) is 4. The predicted octanol–water partition coefficient (Wildman–Crippen LogP) is 3.74. The van der Waals surface area contributed by atoms with Gasteiger partial charge in [-0.2, -0.15) is 0 Å². The van der Waals surface area contributed by atoms with Crippen LogP contribution in [0.4, 0.5) is 5.69 Å². The zero-order valence-corrected chi connectivity index (χ0v) is 20.0. The van der Waals surface area contributed by atoms with Gasteiger partial charge in [0.25, 0.3) is 5.91 Å². The third-order valence-corrected chi connectivity index (χ3v) is 6.54. The van der Waals surface area contributed by atoms with E-state index in [4.69, 9.17) is 40.4 Å². The fourth-order valence-corrected chi connectivity index (χ4v) is 4.59. The number of anilines is 1. The summed E-state index contributed by atoms with van der Waals surface area (Å²) in [6.45, 7) is 1.71. The monoisotopic (exact) mass is 489 g/mol. The van der Waals surface area contributed by atoms with E-state index in [1.54, 1.807) is 30.1 Å². The normalized spacial score (nSPS) is 20.8. The third-order valence-electron chi connectivity index (χ3n) is 5.72. The standard InChI is InChI=1S/C23H25Cl2N5OS/c1-30-19-10-9-14(24)12-17(19)20(16-7-2-3-8-18(16)25)28-21(22(30)31)29-23(32)27-13-15-6-4-5-11-26-15/h2-3,7-10,12,15,21,26H,4-6,11,13H2,1H3,(H2,27,29,32). The maximum absolute atomic E-state index is 13.3. The molecule has 2 aliphatic heterocycles. The van der Waals surface area contributed by atoms with Gasteiger partial charge in [-0.3, -0.25) is 4.79 Å². The molecule has 1 amide bonds. The van der Waals surface area contributed by atoms with Crippen LogP contribution in [0.3, 0.4) is 0 Å². The molecule has 4 rings (SSSR count). The first-order valence-corrected chi connectivity index (χ1v) is 11.8. The second kappa shape index (κ2) is 10.2. The lowest BCUT2D eigenvalue weighted by atomic mass is 10.00. The van der Waals surface area contributed by atoms with Crippen molar-refractivity contribution in [2.75, 3.05) is 25.0 Å². The first-order chi connectivity index (χ1) is 15.4. The van der Waals surface area contributed by atoms with Crippen LogP contribution in [0.2, 0.25) is 10.0 Å². The largest absolute Gasteiger partial charge is 0.361 e. The average Bonchev–Trinajstić information content (AvgIpc) is 2.89. The van der Waals surface area contributed by atoms with Crippen molar-refractivity contribution in [3.05, 3.63) is 63.6 Å². The Labute approximate surface area is 203 Å². The summed E-state index contributed by atoms with van der Waals surface area (Å²) in [7, 11) is 1.72. The molecule has 32 heavy (non-hydrogen) atoms. The van der Waals surface area contributed by atoms with Gasteiger partial charge in [0.1, 0.15) is 0 Å². The molecule has 9 heteroatoms. The maximum Gasteiger partial charge on any atom is 0.272 e. The van der Waals surface area contributed by atoms with Crippen LogP contribution in [0, 0.1) is 0 Å². The Morgan fingerprint density at radius 3 is 2.78 bits per heavy atom. The fourth-order valence-electron chi connectivity index (χ4n) is 4.00. The Bertz CT molecular complexity index is 1050. The number of hydrogen-bond donors (Lipinski definition) is 3. The number of benzene rings is 2. The van der Waals surface area contributed by atoms with Gasteiger partial charge in [0.15, 0.2) is 5.11 Å². The quantitative estimate of drug-likeness (QED) is 0.570. The van der Waals surface area contributed by atoms with E-state index in [1.807, 2.05) is 24.3 Å². The van der Waals surface area contributed by atoms with Gasteiger partial charge in [-0.05, 0) is 55.9 Å². The number of benzodiazepines with no additional fused rings is 1. The van der Waals surface area contributed by atoms with Crippen LogP contribution in [0.1, 0.15) is 30.4 Å². The highest BCUT2D eigenvalue weighted by atomic mass is 35.5. The number of carbonyl (C=O) groups is 1. The number of rotatable bonds is 4. The zero-order valence-electron chi connectivity index (χ0n) is 17.7. The van der Waals surface area contributed by atoms with E-state index in [9.17, 15) is 4.79 Å². The van der Waals surface area contributed by atoms with Gasteiger partial charge >= 0.3 is 0 Å². The highest BCUT2D eigenvalue weighted by Crippen LogP contribution is 2.31. The number of thiocarbonyl (C=S) groups is 1. The zero-order chi connectivity index (χ0) is 22.7. The van der Waals surface area contributed by atoms with Gasteiger partial charge in [0.2, 0.25) is 6.17 Å². The second-order valence-corrected chi connectivity index (χ2v) is 9.17. The Hall–Kier alpha value is -2.19. The number of amides is 1. The topological polar surface area (TPSA) is 68.8 Å². The lowest BCUT2D eigenvalue weighted by Gasteiger charge is -2.25. The minimum Gasteiger partial charge on any atom is -0.361 e. The van der Waals surface area contributed by atoms with Crippen molar-refractivity contribution in [2.24, 2.45) is 4.99 Å². The van der Waals surface area contributed by atoms with Crippen LogP contribution in [-0.4, -0.2) is 49.1 Å². The molecule has 2 aliphatic rings. The van der Waals surface area contributed by atoms with Crippen molar-refractivity contribution in [1.29, 1.82) is 0 Å². The summed E-state index contributed by atoms with van der Waals surface area (Å²) in [4.78, 5) is 19.6. The molecule has 0 bridgehead atoms. The molecule has 0 spiro atoms. The van der Waals surface area contributed by atoms with Gasteiger partial charge in [-0.1, -0.05) is 47.8 Å². The molecule has 1 saturated heterocycles. The highest BCUT2D eigenvalue weighted by molar-refractivity contribution is 7.80. The van der Waals surface area contributed by atoms with E-state index in [2.05, 4.69) is 16.0 Å². The van der Waals surface area contributed by atoms with Crippen molar-refractivity contribution in [1.82, 2.24) is 16.0 Å². The van der Waals surface area contributed by atoms with Gasteiger partial charge in [-0.15, -0.1) is 0 Å². The molecule has 2 atom stereocenters. The third kappa shape index (κ3) is 5.07. The van der Waals surface area contributed by atoms with Crippen molar-refractivity contribution in [3.8, 4) is 0 Å². The summed E-state index contributed by atoms with van der Waals surface area (Å²) < 4.78 is 0. The van der Waals surface area contributed by atoms with E-state index in [0.29, 0.717) is 39.1 Å². The number of likely N-dealkylation sites (N-methyl/N-ethyl adjacent to an activating group) is 1. The number of nitrogens with zero attached hydrogens (tertiary/aromatic N) is 2. The van der Waals surface area contributed by atoms with Gasteiger partial charge in [0.05, 0.1) is 11.4 Å². The van der Waals surface area contributed by atoms with Gasteiger partial charge in [-0.25, -0.2) is 4.99 Å². The molecular weight excluding hydrogens is 465 g/mol. The van der Waals surface area contributed by atoms with E-state index in [1.165, 1.54) is 12.8 Å². The summed E-state index contributed by atoms with van der Waals surface area (Å²) >= 11 is 18.3. The lowest BCUT2D eigenvalue weighted by Crippen LogP contribution is -2.52. The molecule has 2 heterocycles. The van der Waals surface area contributed by atoms with Crippen LogP contribution in [-0.2, 0) is 4.79 Å². The molecule has 168 valence electrons. The first-order valence-electron chi connectivity index (χ1n) is 10.6. The fraction of sp³-hybridized carbons (Fsp3) is 0.348. The summed E-state index contributed by atoms with van der Waals surface area (Å²) in [5.74, 6) is -0.226. The van der Waals surface area contributed by atoms with E-state index in [0.717, 1.165) is 24.1 Å². The Kier molecular flexibility index (Phi) is 7.30. The molecule has 2 unspecified atom stereocenters. The number of halogens is 2. The van der Waals surface area contributed by atoms with Gasteiger partial charge in [0, 0.05) is 40.8 Å². The summed E-state index contributed by atoms with van der Waals surface area (Å²) in [5, 5.41) is 11.3. The second-order valence-electron chi connectivity index (χ2n) is 7.92. The Morgan fingerprint density at radius 2 is 2.03 bits per heavy atom. The molecule has 0 aliphatic carbocycles. The van der Waals surface area contributed by atoms with Crippen LogP contribution in [0.5, 0.6) is 0 Å². The molecule has 0 saturated carbocycles. The molecule has 2 aromatic rings. The summed E-state index contributed by atoms with van der Waals surface area (Å²) in [5.41, 5.74) is 2.74. The van der Waals surface area contributed by atoms with E-state index < -0.39 is 6.17 Å². The van der Waals surface area contributed by atoms with E-state index >= 15 is 0 Å². The summed E-state index contributed by atoms with van der Waals surface area (Å²) in [6, 6.07) is 13.2. The molecule has 1 fully saturated rings. The predicted molar refractivity (Wildman–Crippen MR) is 135 cm³/mol. The molecular formula is C23H25Cl2N5OS. The van der Waals surface area contributed by atoms with Crippen molar-refractivity contribution < 1.29 is 4.79 Å². The smallest absolute Gasteiger partial charge is 0.272 e. The van der Waals surface area contributed by atoms with Crippen LogP contribution < -0.4 is 20.9 Å². The van der Waals surface area contributed by atoms with Crippen LogP contribution >= 0.6 is 35.4 Å². The van der Waals surface area contributed by atoms with Crippen LogP contribution in [0.25, 0.3) is 0 Å². The minimum absolute atomic E-state index is 0.226. The van der Waals surface area contributed by atoms with Crippen molar-refractivity contribution >= 4 is 57.8 Å². The number of aliphatic imine (C=N–C) groups is 1. The lowest BCUT2D eigenvalue weighted by molar-refractivity contribution is -0.119. The van der Waals surface area contributed by atoms with E-state index in [-0.39, 0.29) is 5.91 Å². The number of nitrogens with one attached hydrogen (secondary N) is 3. The molecule has 2 aromatic carbocycles. The summed E-state index contributed by atoms with van der Waals surface area (Å²) in [6.07, 6.45) is 2.60. The average molecular weight is 490 g/mol. The van der Waals surface area contributed by atoms with Gasteiger partial charge < -0.3 is 20.9 Å². The SMILES string of the molecule is CN1C(=O)C(NC(=S)NCC2CCCCN2)N=C(c2ccccc2Cl)c2cc(Cl)ccc21. The number of piperidine rings is 1. The maximum atomic E-state index is 13.3. The molecule has 0 radical (unpaired) electrons. The van der Waals surface area contributed by atoms with Crippen molar-refractivity contribution in [2.45, 2.75) is 31.5 Å². The Morgan fingerprint density at radius 1 is 1.22 bits per heavy atom. The number of fused-ring (bicyclic) bond motifs is 1. The first kappa shape index (κ1) is 23.0. The highest BCUT2D eigenvalue weighted by Gasteiger charge is 2.31. The minimum atomic E-state index is -0.906. The van der Waals surface area contributed by atoms with Crippen molar-refractivity contribution in [3.63, 3.8) is 0 Å². The number of carbonyl (C=O) groups excluding carboxylic acids is 1. The molecule has 6 nitrogen and oxygen atoms in total. The van der Waals surface area contributed by atoms with Crippen LogP contribution in [0.15, 0.2) is 47.5 Å². The molecule has 0 aromatic heterocycles.